The van der Waals surface area contributed by atoms with E-state index in [1.807, 2.05) is 47.4 Å². The van der Waals surface area contributed by atoms with Crippen molar-refractivity contribution in [1.29, 1.82) is 0 Å². The number of nitrogens with one attached hydrogen (secondary N) is 1. The van der Waals surface area contributed by atoms with E-state index in [1.165, 1.54) is 0 Å². The van der Waals surface area contributed by atoms with E-state index in [-0.39, 0.29) is 5.91 Å². The molecule has 4 rings (SSSR count). The van der Waals surface area contributed by atoms with Crippen LogP contribution in [0.1, 0.15) is 21.5 Å². The summed E-state index contributed by atoms with van der Waals surface area (Å²) in [6, 6.07) is 13.5. The first-order valence-electron chi connectivity index (χ1n) is 6.76. The highest BCUT2D eigenvalue weighted by Crippen LogP contribution is 2.45. The van der Waals surface area contributed by atoms with Gasteiger partial charge in [0.05, 0.1) is 0 Å². The van der Waals surface area contributed by atoms with E-state index in [1.54, 1.807) is 0 Å². The molecule has 0 radical (unpaired) electrons. The fraction of sp³-hybridized carbons (Fsp3) is 0.188. The molecule has 1 saturated heterocycles. The normalized spacial score (nSPS) is 23.3. The van der Waals surface area contributed by atoms with Crippen LogP contribution in [0.5, 0.6) is 0 Å². The van der Waals surface area contributed by atoms with Crippen LogP contribution in [0.2, 0.25) is 5.02 Å². The highest BCUT2D eigenvalue weighted by molar-refractivity contribution is 9.10. The van der Waals surface area contributed by atoms with Crippen molar-refractivity contribution in [3.8, 4) is 0 Å². The highest BCUT2D eigenvalue weighted by atomic mass is 79.9. The zero-order valence-corrected chi connectivity index (χ0v) is 13.4. The van der Waals surface area contributed by atoms with Gasteiger partial charge in [0.25, 0.3) is 5.91 Å². The first kappa shape index (κ1) is 13.3. The average Bonchev–Trinajstić information content (AvgIpc) is 3.00. The number of benzene rings is 2. The summed E-state index contributed by atoms with van der Waals surface area (Å²) in [6.45, 7) is 1.48. The maximum atomic E-state index is 12.7. The Labute approximate surface area is 136 Å². The van der Waals surface area contributed by atoms with E-state index >= 15 is 0 Å². The van der Waals surface area contributed by atoms with E-state index in [9.17, 15) is 4.79 Å². The topological polar surface area (TPSA) is 32.3 Å². The Kier molecular flexibility index (Phi) is 2.89. The molecule has 2 aromatic rings. The minimum absolute atomic E-state index is 0.0810. The number of rotatable bonds is 1. The number of carbonyl (C=O) groups is 1. The third-order valence-corrected chi connectivity index (χ3v) is 4.98. The van der Waals surface area contributed by atoms with E-state index in [0.717, 1.165) is 27.7 Å². The van der Waals surface area contributed by atoms with Crippen LogP contribution < -0.4 is 5.32 Å². The van der Waals surface area contributed by atoms with Gasteiger partial charge in [0, 0.05) is 33.7 Å². The van der Waals surface area contributed by atoms with Gasteiger partial charge >= 0.3 is 0 Å². The number of amides is 1. The Morgan fingerprint density at radius 2 is 1.95 bits per heavy atom. The van der Waals surface area contributed by atoms with Crippen molar-refractivity contribution < 1.29 is 4.79 Å². The molecule has 5 heteroatoms. The molecule has 0 saturated carbocycles. The third-order valence-electron chi connectivity index (χ3n) is 4.23. The standard InChI is InChI=1S/C16H12BrClN2O/c17-11-3-6-13-14(9-11)16(10-1-4-12(18)5-2-10)19-7-8-20(16)15(13)21/h1-6,9,19H,7-8H2. The lowest BCUT2D eigenvalue weighted by molar-refractivity contribution is 0.0694. The predicted octanol–water partition coefficient (Wildman–Crippen LogP) is 3.36. The van der Waals surface area contributed by atoms with Gasteiger partial charge in [-0.2, -0.15) is 0 Å². The van der Waals surface area contributed by atoms with Crippen LogP contribution in [0.25, 0.3) is 0 Å². The summed E-state index contributed by atoms with van der Waals surface area (Å²) in [5.41, 5.74) is 2.23. The molecule has 1 amide bonds. The van der Waals surface area contributed by atoms with Crippen molar-refractivity contribution in [1.82, 2.24) is 10.2 Å². The number of hydrogen-bond acceptors (Lipinski definition) is 2. The lowest BCUT2D eigenvalue weighted by atomic mass is 9.91. The van der Waals surface area contributed by atoms with Crippen molar-refractivity contribution in [3.05, 3.63) is 68.7 Å². The van der Waals surface area contributed by atoms with Gasteiger partial charge in [-0.05, 0) is 35.9 Å². The maximum absolute atomic E-state index is 12.7. The molecule has 3 nitrogen and oxygen atoms in total. The number of carbonyl (C=O) groups excluding carboxylic acids is 1. The lowest BCUT2D eigenvalue weighted by Gasteiger charge is -2.33. The molecule has 1 fully saturated rings. The van der Waals surface area contributed by atoms with Crippen LogP contribution in [0.3, 0.4) is 0 Å². The molecular weight excluding hydrogens is 352 g/mol. The molecule has 1 N–H and O–H groups in total. The van der Waals surface area contributed by atoms with Crippen LogP contribution in [0, 0.1) is 0 Å². The van der Waals surface area contributed by atoms with Gasteiger partial charge < -0.3 is 4.90 Å². The largest absolute Gasteiger partial charge is 0.311 e. The molecule has 0 spiro atoms. The third kappa shape index (κ3) is 1.73. The first-order chi connectivity index (χ1) is 10.1. The summed E-state index contributed by atoms with van der Waals surface area (Å²) in [7, 11) is 0. The first-order valence-corrected chi connectivity index (χ1v) is 7.93. The van der Waals surface area contributed by atoms with Crippen LogP contribution in [0.4, 0.5) is 0 Å². The molecule has 0 aromatic heterocycles. The van der Waals surface area contributed by atoms with Gasteiger partial charge in [-0.15, -0.1) is 0 Å². The van der Waals surface area contributed by atoms with Crippen molar-refractivity contribution in [3.63, 3.8) is 0 Å². The lowest BCUT2D eigenvalue weighted by Crippen LogP contribution is -2.46. The minimum atomic E-state index is -0.569. The number of halogens is 2. The van der Waals surface area contributed by atoms with Gasteiger partial charge in [-0.3, -0.25) is 10.1 Å². The van der Waals surface area contributed by atoms with E-state index < -0.39 is 5.66 Å². The van der Waals surface area contributed by atoms with Crippen LogP contribution in [0.15, 0.2) is 46.9 Å². The van der Waals surface area contributed by atoms with Gasteiger partial charge in [0.15, 0.2) is 0 Å². The molecule has 0 bridgehead atoms. The van der Waals surface area contributed by atoms with Crippen molar-refractivity contribution >= 4 is 33.4 Å². The van der Waals surface area contributed by atoms with Crippen LogP contribution in [-0.2, 0) is 5.66 Å². The van der Waals surface area contributed by atoms with E-state index in [2.05, 4.69) is 21.2 Å². The Bertz CT molecular complexity index is 746. The number of nitrogens with zero attached hydrogens (tertiary/aromatic N) is 1. The van der Waals surface area contributed by atoms with Gasteiger partial charge in [0.2, 0.25) is 0 Å². The SMILES string of the molecule is O=C1c2ccc(Br)cc2C2(c3ccc(Cl)cc3)NCCN12. The van der Waals surface area contributed by atoms with Gasteiger partial charge in [-0.1, -0.05) is 39.7 Å². The van der Waals surface area contributed by atoms with Crippen molar-refractivity contribution in [2.24, 2.45) is 0 Å². The zero-order chi connectivity index (χ0) is 14.6. The smallest absolute Gasteiger partial charge is 0.256 e. The second-order valence-corrected chi connectivity index (χ2v) is 6.64. The van der Waals surface area contributed by atoms with Gasteiger partial charge in [0.1, 0.15) is 5.66 Å². The summed E-state index contributed by atoms with van der Waals surface area (Å²) >= 11 is 9.52. The zero-order valence-electron chi connectivity index (χ0n) is 11.1. The molecular formula is C16H12BrClN2O. The van der Waals surface area contributed by atoms with Crippen molar-refractivity contribution in [2.75, 3.05) is 13.1 Å². The number of fused-ring (bicyclic) bond motifs is 3. The Morgan fingerprint density at radius 1 is 1.19 bits per heavy atom. The summed E-state index contributed by atoms with van der Waals surface area (Å²) < 4.78 is 0.970. The molecule has 1 atom stereocenters. The fourth-order valence-corrected chi connectivity index (χ4v) is 3.85. The minimum Gasteiger partial charge on any atom is -0.311 e. The molecule has 2 aliphatic heterocycles. The molecule has 21 heavy (non-hydrogen) atoms. The fourth-order valence-electron chi connectivity index (χ4n) is 3.36. The molecule has 106 valence electrons. The average molecular weight is 364 g/mol. The monoisotopic (exact) mass is 362 g/mol. The second kappa shape index (κ2) is 4.57. The second-order valence-electron chi connectivity index (χ2n) is 5.29. The van der Waals surface area contributed by atoms with Crippen molar-refractivity contribution in [2.45, 2.75) is 5.66 Å². The summed E-state index contributed by atoms with van der Waals surface area (Å²) in [5.74, 6) is 0.0810. The predicted molar refractivity (Wildman–Crippen MR) is 85.4 cm³/mol. The van der Waals surface area contributed by atoms with Gasteiger partial charge in [-0.25, -0.2) is 0 Å². The molecule has 2 heterocycles. The molecule has 2 aliphatic rings. The maximum Gasteiger partial charge on any atom is 0.256 e. The molecule has 0 aliphatic carbocycles. The quantitative estimate of drug-likeness (QED) is 0.842. The van der Waals surface area contributed by atoms with E-state index in [0.29, 0.717) is 11.6 Å². The summed E-state index contributed by atoms with van der Waals surface area (Å²) in [4.78, 5) is 14.6. The highest BCUT2D eigenvalue weighted by Gasteiger charge is 2.53. The summed E-state index contributed by atoms with van der Waals surface area (Å²) in [5, 5.41) is 4.22. The summed E-state index contributed by atoms with van der Waals surface area (Å²) in [6.07, 6.45) is 0. The Morgan fingerprint density at radius 3 is 2.71 bits per heavy atom. The molecule has 2 aromatic carbocycles. The Hall–Kier alpha value is -1.36. The molecule has 1 unspecified atom stereocenters. The van der Waals surface area contributed by atoms with Crippen LogP contribution in [-0.4, -0.2) is 23.9 Å². The van der Waals surface area contributed by atoms with E-state index in [4.69, 9.17) is 11.6 Å². The van der Waals surface area contributed by atoms with Crippen LogP contribution >= 0.6 is 27.5 Å². The Balaban J connectivity index is 2.00. The number of hydrogen-bond donors (Lipinski definition) is 1.